The standard InChI is InChI=1S/C19H24ClN3O2/c1-10(2)22-17-8-14(20)7-15(13(17)5)18(24)21-9-16-11(3)6-12(4)23-19(16)25/h6-8,10,22H,9H2,1-5H3,(H,21,24)(H,23,25). The monoisotopic (exact) mass is 361 g/mol. The van der Waals surface area contributed by atoms with Crippen LogP contribution in [0.4, 0.5) is 5.69 Å². The number of pyridine rings is 1. The van der Waals surface area contributed by atoms with Crippen LogP contribution in [0.25, 0.3) is 0 Å². The molecule has 0 spiro atoms. The smallest absolute Gasteiger partial charge is 0.253 e. The van der Waals surface area contributed by atoms with Crippen LogP contribution < -0.4 is 16.2 Å². The Hall–Kier alpha value is -2.27. The van der Waals surface area contributed by atoms with Crippen molar-refractivity contribution in [2.24, 2.45) is 0 Å². The number of carbonyl (C=O) groups is 1. The van der Waals surface area contributed by atoms with Gasteiger partial charge >= 0.3 is 0 Å². The van der Waals surface area contributed by atoms with Crippen molar-refractivity contribution < 1.29 is 4.79 Å². The molecule has 3 N–H and O–H groups in total. The molecule has 2 rings (SSSR count). The van der Waals surface area contributed by atoms with Gasteiger partial charge in [-0.1, -0.05) is 11.6 Å². The molecular formula is C19H24ClN3O2. The fourth-order valence-corrected chi connectivity index (χ4v) is 2.96. The molecule has 1 heterocycles. The van der Waals surface area contributed by atoms with Crippen molar-refractivity contribution in [2.75, 3.05) is 5.32 Å². The number of anilines is 1. The number of hydrogen-bond donors (Lipinski definition) is 3. The number of hydrogen-bond acceptors (Lipinski definition) is 3. The molecule has 0 fully saturated rings. The minimum atomic E-state index is -0.258. The predicted octanol–water partition coefficient (Wildman–Crippen LogP) is 3.70. The van der Waals surface area contributed by atoms with E-state index in [-0.39, 0.29) is 24.1 Å². The maximum Gasteiger partial charge on any atom is 0.253 e. The van der Waals surface area contributed by atoms with Crippen molar-refractivity contribution in [3.05, 3.63) is 61.5 Å². The molecule has 0 aliphatic heterocycles. The Balaban J connectivity index is 2.25. The predicted molar refractivity (Wildman–Crippen MR) is 103 cm³/mol. The number of nitrogens with one attached hydrogen (secondary N) is 3. The van der Waals surface area contributed by atoms with Gasteiger partial charge in [0.1, 0.15) is 0 Å². The molecule has 0 bridgehead atoms. The van der Waals surface area contributed by atoms with Crippen LogP contribution in [0, 0.1) is 20.8 Å². The lowest BCUT2D eigenvalue weighted by atomic mass is 10.0. The third-order valence-electron chi connectivity index (χ3n) is 3.98. The highest BCUT2D eigenvalue weighted by molar-refractivity contribution is 6.31. The Morgan fingerprint density at radius 3 is 2.48 bits per heavy atom. The summed E-state index contributed by atoms with van der Waals surface area (Å²) in [4.78, 5) is 27.4. The topological polar surface area (TPSA) is 74.0 Å². The van der Waals surface area contributed by atoms with Gasteiger partial charge in [-0.3, -0.25) is 9.59 Å². The molecule has 0 aliphatic rings. The van der Waals surface area contributed by atoms with Crippen LogP contribution >= 0.6 is 11.6 Å². The van der Waals surface area contributed by atoms with E-state index >= 15 is 0 Å². The summed E-state index contributed by atoms with van der Waals surface area (Å²) in [5.41, 5.74) is 4.18. The fraction of sp³-hybridized carbons (Fsp3) is 0.368. The molecule has 5 nitrogen and oxygen atoms in total. The highest BCUT2D eigenvalue weighted by Gasteiger charge is 2.15. The number of aryl methyl sites for hydroxylation is 2. The van der Waals surface area contributed by atoms with E-state index in [9.17, 15) is 9.59 Å². The lowest BCUT2D eigenvalue weighted by Gasteiger charge is -2.16. The van der Waals surface area contributed by atoms with Gasteiger partial charge in [0.2, 0.25) is 0 Å². The van der Waals surface area contributed by atoms with Gasteiger partial charge in [-0.15, -0.1) is 0 Å². The van der Waals surface area contributed by atoms with Crippen molar-refractivity contribution in [3.8, 4) is 0 Å². The Kier molecular flexibility index (Phi) is 5.90. The second-order valence-corrected chi connectivity index (χ2v) is 6.99. The van der Waals surface area contributed by atoms with E-state index in [2.05, 4.69) is 15.6 Å². The Bertz CT molecular complexity index is 856. The summed E-state index contributed by atoms with van der Waals surface area (Å²) in [6, 6.07) is 5.56. The van der Waals surface area contributed by atoms with Crippen LogP contribution in [0.1, 0.15) is 46.6 Å². The van der Waals surface area contributed by atoms with Crippen LogP contribution in [0.2, 0.25) is 5.02 Å². The number of amides is 1. The molecule has 2 aromatic rings. The van der Waals surface area contributed by atoms with Gasteiger partial charge in [-0.05, 0) is 63.9 Å². The first-order valence-corrected chi connectivity index (χ1v) is 8.61. The van der Waals surface area contributed by atoms with Gasteiger partial charge in [0.05, 0.1) is 0 Å². The molecule has 1 amide bonds. The molecule has 0 radical (unpaired) electrons. The summed E-state index contributed by atoms with van der Waals surface area (Å²) in [7, 11) is 0. The van der Waals surface area contributed by atoms with E-state index in [0.717, 1.165) is 22.5 Å². The molecular weight excluding hydrogens is 338 g/mol. The molecule has 6 heteroatoms. The van der Waals surface area contributed by atoms with Crippen molar-refractivity contribution in [2.45, 2.75) is 47.2 Å². The van der Waals surface area contributed by atoms with Crippen LogP contribution in [-0.2, 0) is 6.54 Å². The van der Waals surface area contributed by atoms with Crippen LogP contribution in [0.5, 0.6) is 0 Å². The number of rotatable bonds is 5. The molecule has 134 valence electrons. The van der Waals surface area contributed by atoms with Crippen LogP contribution in [-0.4, -0.2) is 16.9 Å². The molecule has 1 aromatic carbocycles. The van der Waals surface area contributed by atoms with E-state index in [0.29, 0.717) is 16.1 Å². The van der Waals surface area contributed by atoms with Crippen molar-refractivity contribution in [1.82, 2.24) is 10.3 Å². The van der Waals surface area contributed by atoms with Crippen molar-refractivity contribution in [3.63, 3.8) is 0 Å². The van der Waals surface area contributed by atoms with E-state index in [4.69, 9.17) is 11.6 Å². The number of aromatic nitrogens is 1. The zero-order valence-electron chi connectivity index (χ0n) is 15.2. The SMILES string of the molecule is Cc1cc(C)c(CNC(=O)c2cc(Cl)cc(NC(C)C)c2C)c(=O)[nH]1. The van der Waals surface area contributed by atoms with Crippen molar-refractivity contribution >= 4 is 23.2 Å². The second kappa shape index (κ2) is 7.74. The highest BCUT2D eigenvalue weighted by Crippen LogP contribution is 2.25. The Labute approximate surface area is 152 Å². The third-order valence-corrected chi connectivity index (χ3v) is 4.20. The Morgan fingerprint density at radius 1 is 1.20 bits per heavy atom. The maximum absolute atomic E-state index is 12.6. The molecule has 0 atom stereocenters. The second-order valence-electron chi connectivity index (χ2n) is 6.55. The number of halogens is 1. The molecule has 0 saturated heterocycles. The fourth-order valence-electron chi connectivity index (χ4n) is 2.74. The summed E-state index contributed by atoms with van der Waals surface area (Å²) < 4.78 is 0. The Morgan fingerprint density at radius 2 is 1.88 bits per heavy atom. The average molecular weight is 362 g/mol. The number of benzene rings is 1. The van der Waals surface area contributed by atoms with Crippen LogP contribution in [0.3, 0.4) is 0 Å². The quantitative estimate of drug-likeness (QED) is 0.760. The number of carbonyl (C=O) groups excluding carboxylic acids is 1. The van der Waals surface area contributed by atoms with Crippen molar-refractivity contribution in [1.29, 1.82) is 0 Å². The molecule has 0 saturated carbocycles. The normalized spacial score (nSPS) is 10.8. The van der Waals surface area contributed by atoms with E-state index in [1.165, 1.54) is 0 Å². The average Bonchev–Trinajstić information content (AvgIpc) is 2.48. The highest BCUT2D eigenvalue weighted by atomic mass is 35.5. The molecule has 25 heavy (non-hydrogen) atoms. The summed E-state index contributed by atoms with van der Waals surface area (Å²) in [5, 5.41) is 6.60. The zero-order chi connectivity index (χ0) is 18.7. The summed E-state index contributed by atoms with van der Waals surface area (Å²) in [6.07, 6.45) is 0. The largest absolute Gasteiger partial charge is 0.383 e. The van der Waals surface area contributed by atoms with E-state index < -0.39 is 0 Å². The van der Waals surface area contributed by atoms with Gasteiger partial charge in [-0.25, -0.2) is 0 Å². The minimum absolute atomic E-state index is 0.166. The first-order chi connectivity index (χ1) is 11.7. The lowest BCUT2D eigenvalue weighted by Crippen LogP contribution is -2.28. The number of H-pyrrole nitrogens is 1. The molecule has 0 aliphatic carbocycles. The van der Waals surface area contributed by atoms with E-state index in [1.54, 1.807) is 6.07 Å². The molecule has 1 aromatic heterocycles. The van der Waals surface area contributed by atoms with E-state index in [1.807, 2.05) is 46.8 Å². The van der Waals surface area contributed by atoms with Crippen LogP contribution in [0.15, 0.2) is 23.0 Å². The van der Waals surface area contributed by atoms with Gasteiger partial charge in [0.15, 0.2) is 0 Å². The first-order valence-electron chi connectivity index (χ1n) is 8.23. The summed E-state index contributed by atoms with van der Waals surface area (Å²) in [5.74, 6) is -0.258. The zero-order valence-corrected chi connectivity index (χ0v) is 16.0. The lowest BCUT2D eigenvalue weighted by molar-refractivity contribution is 0.0950. The summed E-state index contributed by atoms with van der Waals surface area (Å²) >= 11 is 6.16. The molecule has 0 unspecified atom stereocenters. The minimum Gasteiger partial charge on any atom is -0.383 e. The van der Waals surface area contributed by atoms with Gasteiger partial charge in [-0.2, -0.15) is 0 Å². The number of aromatic amines is 1. The third kappa shape index (κ3) is 4.63. The first kappa shape index (κ1) is 19.1. The van der Waals surface area contributed by atoms with Gasteiger partial charge < -0.3 is 15.6 Å². The van der Waals surface area contributed by atoms with Gasteiger partial charge in [0, 0.05) is 40.1 Å². The maximum atomic E-state index is 12.6. The van der Waals surface area contributed by atoms with Gasteiger partial charge in [0.25, 0.3) is 11.5 Å². The summed E-state index contributed by atoms with van der Waals surface area (Å²) in [6.45, 7) is 9.77.